The molecule has 0 fully saturated rings. The van der Waals surface area contributed by atoms with E-state index in [1.54, 1.807) is 38.1 Å². The average Bonchev–Trinajstić information content (AvgIpc) is 3.16. The summed E-state index contributed by atoms with van der Waals surface area (Å²) in [6.07, 6.45) is 0.0876. The number of carbonyl (C=O) groups is 1. The molecule has 1 aromatic carbocycles. The molecule has 9 nitrogen and oxygen atoms in total. The molecule has 0 saturated heterocycles. The molecule has 0 unspecified atom stereocenters. The summed E-state index contributed by atoms with van der Waals surface area (Å²) in [5.74, 6) is 0.0489. The van der Waals surface area contributed by atoms with Crippen LogP contribution in [0.2, 0.25) is 10.0 Å². The number of nitrogens with zero attached hydrogens (tertiary/aromatic N) is 4. The lowest BCUT2D eigenvalue weighted by Gasteiger charge is -2.04. The van der Waals surface area contributed by atoms with Crippen LogP contribution in [0.5, 0.6) is 0 Å². The molecule has 3 aromatic rings. The summed E-state index contributed by atoms with van der Waals surface area (Å²) in [7, 11) is 0. The standard InChI is InChI=1S/C17H16Cl2N6O3/c1-9-17(25(27)28)10(2)24(23-9)4-3-16(26)20-15-8-14(21-22-15)11-5-12(18)7-13(19)6-11/h5-8H,3-4H2,1-2H3,(H2,20,21,22,26). The molecular weight excluding hydrogens is 407 g/mol. The molecule has 0 saturated carbocycles. The molecule has 0 aliphatic carbocycles. The van der Waals surface area contributed by atoms with Crippen LogP contribution >= 0.6 is 23.2 Å². The number of rotatable bonds is 6. The Labute approximate surface area is 169 Å². The number of aromatic nitrogens is 4. The van der Waals surface area contributed by atoms with Gasteiger partial charge in [-0.15, -0.1) is 0 Å². The maximum absolute atomic E-state index is 12.2. The van der Waals surface area contributed by atoms with Crippen LogP contribution in [0.4, 0.5) is 11.5 Å². The van der Waals surface area contributed by atoms with Crippen LogP contribution in [-0.2, 0) is 11.3 Å². The number of aryl methyl sites for hydroxylation is 2. The molecule has 28 heavy (non-hydrogen) atoms. The molecule has 0 bridgehead atoms. The molecule has 2 heterocycles. The van der Waals surface area contributed by atoms with Gasteiger partial charge in [-0.05, 0) is 32.0 Å². The number of nitrogens with one attached hydrogen (secondary N) is 2. The van der Waals surface area contributed by atoms with Gasteiger partial charge in [0.1, 0.15) is 11.4 Å². The smallest absolute Gasteiger partial charge is 0.309 e. The lowest BCUT2D eigenvalue weighted by Crippen LogP contribution is -2.16. The molecule has 146 valence electrons. The van der Waals surface area contributed by atoms with Gasteiger partial charge < -0.3 is 5.32 Å². The summed E-state index contributed by atoms with van der Waals surface area (Å²) in [6, 6.07) is 6.73. The molecule has 0 atom stereocenters. The number of hydrogen-bond donors (Lipinski definition) is 2. The number of H-pyrrole nitrogens is 1. The van der Waals surface area contributed by atoms with Crippen molar-refractivity contribution in [2.24, 2.45) is 0 Å². The van der Waals surface area contributed by atoms with Crippen molar-refractivity contribution in [1.29, 1.82) is 0 Å². The molecule has 0 radical (unpaired) electrons. The normalized spacial score (nSPS) is 10.9. The third kappa shape index (κ3) is 4.32. The van der Waals surface area contributed by atoms with Gasteiger partial charge in [0.15, 0.2) is 5.82 Å². The number of amides is 1. The highest BCUT2D eigenvalue weighted by Crippen LogP contribution is 2.27. The van der Waals surface area contributed by atoms with E-state index in [1.807, 2.05) is 0 Å². The Bertz CT molecular complexity index is 1040. The van der Waals surface area contributed by atoms with Gasteiger partial charge in [-0.3, -0.25) is 24.7 Å². The number of benzene rings is 1. The Kier molecular flexibility index (Phi) is 5.66. The third-order valence-corrected chi connectivity index (χ3v) is 4.53. The second-order valence-electron chi connectivity index (χ2n) is 6.12. The average molecular weight is 423 g/mol. The van der Waals surface area contributed by atoms with E-state index in [2.05, 4.69) is 20.6 Å². The molecule has 0 spiro atoms. The first-order chi connectivity index (χ1) is 13.2. The molecule has 11 heteroatoms. The second-order valence-corrected chi connectivity index (χ2v) is 7.00. The van der Waals surface area contributed by atoms with E-state index < -0.39 is 4.92 Å². The molecular formula is C17H16Cl2N6O3. The molecule has 3 rings (SSSR count). The molecule has 1 amide bonds. The summed E-state index contributed by atoms with van der Waals surface area (Å²) in [6.45, 7) is 3.38. The summed E-state index contributed by atoms with van der Waals surface area (Å²) in [4.78, 5) is 22.8. The van der Waals surface area contributed by atoms with Crippen LogP contribution in [0.25, 0.3) is 11.3 Å². The van der Waals surface area contributed by atoms with Crippen LogP contribution in [-0.4, -0.2) is 30.8 Å². The number of halogens is 2. The molecule has 2 aromatic heterocycles. The summed E-state index contributed by atoms with van der Waals surface area (Å²) in [5.41, 5.74) is 2.09. The number of aromatic amines is 1. The summed E-state index contributed by atoms with van der Waals surface area (Å²) >= 11 is 12.0. The Morgan fingerprint density at radius 2 is 1.93 bits per heavy atom. The minimum atomic E-state index is -0.471. The highest BCUT2D eigenvalue weighted by Gasteiger charge is 2.22. The first-order valence-electron chi connectivity index (χ1n) is 8.24. The SMILES string of the molecule is Cc1nn(CCC(=O)Nc2cc(-c3cc(Cl)cc(Cl)c3)[nH]n2)c(C)c1[N+](=O)[O-]. The Morgan fingerprint density at radius 1 is 1.25 bits per heavy atom. The van der Waals surface area contributed by atoms with Crippen LogP contribution in [0.15, 0.2) is 24.3 Å². The van der Waals surface area contributed by atoms with Crippen molar-refractivity contribution in [3.8, 4) is 11.3 Å². The topological polar surface area (TPSA) is 119 Å². The zero-order chi connectivity index (χ0) is 20.4. The van der Waals surface area contributed by atoms with Gasteiger partial charge in [-0.25, -0.2) is 0 Å². The van der Waals surface area contributed by atoms with Gasteiger partial charge in [0.2, 0.25) is 5.91 Å². The predicted octanol–water partition coefficient (Wildman–Crippen LogP) is 4.13. The summed E-state index contributed by atoms with van der Waals surface area (Å²) in [5, 5.41) is 25.7. The van der Waals surface area contributed by atoms with Crippen molar-refractivity contribution in [2.45, 2.75) is 26.8 Å². The van der Waals surface area contributed by atoms with Gasteiger partial charge >= 0.3 is 5.69 Å². The number of anilines is 1. The van der Waals surface area contributed by atoms with Crippen molar-refractivity contribution in [3.05, 3.63) is 55.8 Å². The zero-order valence-corrected chi connectivity index (χ0v) is 16.5. The van der Waals surface area contributed by atoms with Crippen molar-refractivity contribution in [2.75, 3.05) is 5.32 Å². The van der Waals surface area contributed by atoms with Crippen LogP contribution in [0.1, 0.15) is 17.8 Å². The van der Waals surface area contributed by atoms with Gasteiger partial charge in [-0.1, -0.05) is 23.2 Å². The maximum atomic E-state index is 12.2. The predicted molar refractivity (Wildman–Crippen MR) is 106 cm³/mol. The largest absolute Gasteiger partial charge is 0.312 e. The van der Waals surface area contributed by atoms with E-state index >= 15 is 0 Å². The zero-order valence-electron chi connectivity index (χ0n) is 15.0. The van der Waals surface area contributed by atoms with Crippen molar-refractivity contribution >= 4 is 40.6 Å². The number of carbonyl (C=O) groups excluding carboxylic acids is 1. The minimum Gasteiger partial charge on any atom is -0.309 e. The Balaban J connectivity index is 1.64. The monoisotopic (exact) mass is 422 g/mol. The van der Waals surface area contributed by atoms with Crippen LogP contribution in [0, 0.1) is 24.0 Å². The van der Waals surface area contributed by atoms with Crippen molar-refractivity contribution in [3.63, 3.8) is 0 Å². The number of hydrogen-bond acceptors (Lipinski definition) is 5. The Morgan fingerprint density at radius 3 is 2.54 bits per heavy atom. The maximum Gasteiger partial charge on any atom is 0.312 e. The molecule has 2 N–H and O–H groups in total. The van der Waals surface area contributed by atoms with E-state index in [-0.39, 0.29) is 24.6 Å². The highest BCUT2D eigenvalue weighted by molar-refractivity contribution is 6.35. The first-order valence-corrected chi connectivity index (χ1v) is 9.00. The van der Waals surface area contributed by atoms with Crippen molar-refractivity contribution < 1.29 is 9.72 Å². The van der Waals surface area contributed by atoms with E-state index in [0.717, 1.165) is 5.56 Å². The number of nitro groups is 1. The summed E-state index contributed by atoms with van der Waals surface area (Å²) < 4.78 is 1.46. The third-order valence-electron chi connectivity index (χ3n) is 4.10. The fraction of sp³-hybridized carbons (Fsp3) is 0.235. The van der Waals surface area contributed by atoms with Gasteiger partial charge in [0.05, 0.1) is 17.2 Å². The van der Waals surface area contributed by atoms with Gasteiger partial charge in [0.25, 0.3) is 0 Å². The molecule has 0 aliphatic heterocycles. The quantitative estimate of drug-likeness (QED) is 0.456. The van der Waals surface area contributed by atoms with Gasteiger partial charge in [-0.2, -0.15) is 10.2 Å². The van der Waals surface area contributed by atoms with E-state index in [9.17, 15) is 14.9 Å². The molecule has 0 aliphatic rings. The van der Waals surface area contributed by atoms with Gasteiger partial charge in [0, 0.05) is 28.1 Å². The van der Waals surface area contributed by atoms with Crippen LogP contribution in [0.3, 0.4) is 0 Å². The van der Waals surface area contributed by atoms with E-state index in [4.69, 9.17) is 23.2 Å². The fourth-order valence-corrected chi connectivity index (χ4v) is 3.35. The van der Waals surface area contributed by atoms with Crippen LogP contribution < -0.4 is 5.32 Å². The Hall–Kier alpha value is -2.91. The lowest BCUT2D eigenvalue weighted by molar-refractivity contribution is -0.386. The lowest BCUT2D eigenvalue weighted by atomic mass is 10.1. The fourth-order valence-electron chi connectivity index (χ4n) is 2.83. The van der Waals surface area contributed by atoms with E-state index in [0.29, 0.717) is 32.9 Å². The van der Waals surface area contributed by atoms with Crippen molar-refractivity contribution in [1.82, 2.24) is 20.0 Å². The second kappa shape index (κ2) is 7.99. The minimum absolute atomic E-state index is 0.0301. The highest BCUT2D eigenvalue weighted by atomic mass is 35.5. The van der Waals surface area contributed by atoms with E-state index in [1.165, 1.54) is 4.68 Å². The first kappa shape index (κ1) is 19.8.